The van der Waals surface area contributed by atoms with E-state index in [1.54, 1.807) is 18.2 Å². The van der Waals surface area contributed by atoms with Crippen molar-refractivity contribution in [2.45, 2.75) is 13.1 Å². The summed E-state index contributed by atoms with van der Waals surface area (Å²) >= 11 is 18.5. The van der Waals surface area contributed by atoms with Crippen LogP contribution in [0.1, 0.15) is 16.7 Å². The lowest BCUT2D eigenvalue weighted by atomic mass is 10.1. The van der Waals surface area contributed by atoms with E-state index >= 15 is 0 Å². The molecule has 0 saturated carbocycles. The summed E-state index contributed by atoms with van der Waals surface area (Å²) in [5, 5.41) is 11.8. The van der Waals surface area contributed by atoms with Crippen LogP contribution in [-0.2, 0) is 6.18 Å². The van der Waals surface area contributed by atoms with E-state index in [4.69, 9.17) is 39.5 Å². The molecule has 0 atom stereocenters. The van der Waals surface area contributed by atoms with Crippen LogP contribution in [0.5, 0.6) is 11.5 Å². The molecule has 5 nitrogen and oxygen atoms in total. The number of hydrogen-bond acceptors (Lipinski definition) is 4. The molecule has 0 saturated heterocycles. The number of ether oxygens (including phenoxy) is 1. The van der Waals surface area contributed by atoms with Crippen molar-refractivity contribution in [3.05, 3.63) is 90.4 Å². The van der Waals surface area contributed by atoms with E-state index in [9.17, 15) is 23.3 Å². The summed E-state index contributed by atoms with van der Waals surface area (Å²) in [5.41, 5.74) is -0.165. The number of rotatable bonds is 5. The van der Waals surface area contributed by atoms with Crippen molar-refractivity contribution in [1.29, 1.82) is 0 Å². The monoisotopic (exact) mass is 502 g/mol. The maximum Gasteiger partial charge on any atom is 0.416 e. The Morgan fingerprint density at radius 1 is 1.03 bits per heavy atom. The number of aliphatic imine (C=N–C) groups is 1. The zero-order valence-electron chi connectivity index (χ0n) is 16.1. The van der Waals surface area contributed by atoms with E-state index in [0.717, 1.165) is 11.6 Å². The van der Waals surface area contributed by atoms with E-state index in [0.29, 0.717) is 28.4 Å². The fourth-order valence-corrected chi connectivity index (χ4v) is 3.41. The predicted octanol–water partition coefficient (Wildman–Crippen LogP) is 8.43. The standard InChI is InChI=1S/C21H12Cl3F3N2O3/c1-11-14(22)3-2-4-17(11)28-10-12-7-15(23)20(16(24)8-12)32-19-6-5-13(21(25,26)27)9-18(19)29(30)31/h2-10H,1H3. The highest BCUT2D eigenvalue weighted by Gasteiger charge is 2.33. The van der Waals surface area contributed by atoms with Crippen LogP contribution in [0, 0.1) is 17.0 Å². The van der Waals surface area contributed by atoms with Crippen LogP contribution < -0.4 is 4.74 Å². The van der Waals surface area contributed by atoms with E-state index in [1.165, 1.54) is 18.3 Å². The number of benzene rings is 3. The molecule has 3 aromatic rings. The zero-order chi connectivity index (χ0) is 23.6. The summed E-state index contributed by atoms with van der Waals surface area (Å²) in [6.07, 6.45) is -3.26. The number of nitro groups is 1. The van der Waals surface area contributed by atoms with Crippen molar-refractivity contribution in [1.82, 2.24) is 0 Å². The minimum absolute atomic E-state index is 0.0176. The third kappa shape index (κ3) is 5.32. The third-order valence-electron chi connectivity index (χ3n) is 4.31. The highest BCUT2D eigenvalue weighted by molar-refractivity contribution is 6.37. The fourth-order valence-electron chi connectivity index (χ4n) is 2.66. The molecule has 0 unspecified atom stereocenters. The molecule has 3 rings (SSSR count). The van der Waals surface area contributed by atoms with Gasteiger partial charge in [-0.25, -0.2) is 0 Å². The Morgan fingerprint density at radius 2 is 1.69 bits per heavy atom. The quantitative estimate of drug-likeness (QED) is 0.199. The van der Waals surface area contributed by atoms with Crippen LogP contribution in [-0.4, -0.2) is 11.1 Å². The average Bonchev–Trinajstić information content (AvgIpc) is 2.71. The maximum atomic E-state index is 12.9. The number of hydrogen-bond donors (Lipinski definition) is 0. The molecule has 0 aliphatic heterocycles. The molecule has 3 aromatic carbocycles. The number of nitrogens with zero attached hydrogens (tertiary/aromatic N) is 2. The molecule has 0 aromatic heterocycles. The Balaban J connectivity index is 1.93. The van der Waals surface area contributed by atoms with E-state index in [-0.39, 0.29) is 15.8 Å². The lowest BCUT2D eigenvalue weighted by Gasteiger charge is -2.12. The van der Waals surface area contributed by atoms with Gasteiger partial charge in [-0.05, 0) is 54.4 Å². The highest BCUT2D eigenvalue weighted by atomic mass is 35.5. The van der Waals surface area contributed by atoms with Crippen LogP contribution in [0.2, 0.25) is 15.1 Å². The van der Waals surface area contributed by atoms with Gasteiger partial charge in [0.05, 0.1) is 26.2 Å². The number of halogens is 6. The van der Waals surface area contributed by atoms with Crippen molar-refractivity contribution in [2.75, 3.05) is 0 Å². The number of alkyl halides is 3. The average molecular weight is 504 g/mol. The van der Waals surface area contributed by atoms with Crippen molar-refractivity contribution in [2.24, 2.45) is 4.99 Å². The van der Waals surface area contributed by atoms with Crippen molar-refractivity contribution in [3.8, 4) is 11.5 Å². The molecule has 0 spiro atoms. The van der Waals surface area contributed by atoms with Crippen LogP contribution >= 0.6 is 34.8 Å². The zero-order valence-corrected chi connectivity index (χ0v) is 18.4. The Morgan fingerprint density at radius 3 is 2.28 bits per heavy atom. The summed E-state index contributed by atoms with van der Waals surface area (Å²) in [5.74, 6) is -0.588. The van der Waals surface area contributed by atoms with Gasteiger partial charge in [0.1, 0.15) is 0 Å². The van der Waals surface area contributed by atoms with Gasteiger partial charge in [-0.2, -0.15) is 13.2 Å². The largest absolute Gasteiger partial charge is 0.447 e. The summed E-state index contributed by atoms with van der Waals surface area (Å²) in [7, 11) is 0. The SMILES string of the molecule is Cc1c(Cl)cccc1N=Cc1cc(Cl)c(Oc2ccc(C(F)(F)F)cc2[N+](=O)[O-])c(Cl)c1. The van der Waals surface area contributed by atoms with Gasteiger partial charge in [-0.1, -0.05) is 40.9 Å². The lowest BCUT2D eigenvalue weighted by Crippen LogP contribution is -2.06. The molecule has 0 fully saturated rings. The highest BCUT2D eigenvalue weighted by Crippen LogP contribution is 2.42. The van der Waals surface area contributed by atoms with E-state index in [1.807, 2.05) is 6.92 Å². The Hall–Kier alpha value is -2.81. The van der Waals surface area contributed by atoms with Gasteiger partial charge < -0.3 is 4.74 Å². The smallest absolute Gasteiger partial charge is 0.416 e. The first-order chi connectivity index (χ1) is 15.0. The second-order valence-electron chi connectivity index (χ2n) is 6.50. The van der Waals surface area contributed by atoms with E-state index < -0.39 is 28.1 Å². The molecule has 0 aliphatic rings. The summed E-state index contributed by atoms with van der Waals surface area (Å²) in [4.78, 5) is 14.6. The predicted molar refractivity (Wildman–Crippen MR) is 118 cm³/mol. The van der Waals surface area contributed by atoms with Gasteiger partial charge in [-0.3, -0.25) is 15.1 Å². The Bertz CT molecular complexity index is 1210. The molecule has 0 aliphatic carbocycles. The summed E-state index contributed by atoms with van der Waals surface area (Å²) in [6, 6.07) is 10.0. The molecular weight excluding hydrogens is 492 g/mol. The van der Waals surface area contributed by atoms with Crippen LogP contribution in [0.4, 0.5) is 24.5 Å². The molecule has 0 N–H and O–H groups in total. The number of nitro benzene ring substituents is 1. The van der Waals surface area contributed by atoms with Crippen LogP contribution in [0.15, 0.2) is 53.5 Å². The van der Waals surface area contributed by atoms with Gasteiger partial charge in [0.2, 0.25) is 5.75 Å². The minimum atomic E-state index is -4.75. The lowest BCUT2D eigenvalue weighted by molar-refractivity contribution is -0.385. The van der Waals surface area contributed by atoms with Gasteiger partial charge in [0.15, 0.2) is 5.75 Å². The van der Waals surface area contributed by atoms with Gasteiger partial charge >= 0.3 is 11.9 Å². The van der Waals surface area contributed by atoms with E-state index in [2.05, 4.69) is 4.99 Å². The van der Waals surface area contributed by atoms with Gasteiger partial charge in [0, 0.05) is 17.3 Å². The van der Waals surface area contributed by atoms with Crippen LogP contribution in [0.3, 0.4) is 0 Å². The van der Waals surface area contributed by atoms with Gasteiger partial charge in [-0.15, -0.1) is 0 Å². The summed E-state index contributed by atoms with van der Waals surface area (Å²) < 4.78 is 44.1. The molecule has 0 amide bonds. The molecule has 0 radical (unpaired) electrons. The molecule has 32 heavy (non-hydrogen) atoms. The second-order valence-corrected chi connectivity index (χ2v) is 7.72. The van der Waals surface area contributed by atoms with Crippen molar-refractivity contribution >= 4 is 52.4 Å². The normalized spacial score (nSPS) is 11.7. The Labute approximate surface area is 195 Å². The van der Waals surface area contributed by atoms with Crippen molar-refractivity contribution < 1.29 is 22.8 Å². The van der Waals surface area contributed by atoms with Gasteiger partial charge in [0.25, 0.3) is 0 Å². The second kappa shape index (κ2) is 9.36. The molecule has 11 heteroatoms. The summed E-state index contributed by atoms with van der Waals surface area (Å²) in [6.45, 7) is 1.81. The van der Waals surface area contributed by atoms with Crippen LogP contribution in [0.25, 0.3) is 0 Å². The topological polar surface area (TPSA) is 64.7 Å². The maximum absolute atomic E-state index is 12.9. The molecule has 166 valence electrons. The molecule has 0 bridgehead atoms. The Kier molecular flexibility index (Phi) is 6.97. The first-order valence-corrected chi connectivity index (χ1v) is 9.92. The minimum Gasteiger partial charge on any atom is -0.447 e. The third-order valence-corrected chi connectivity index (χ3v) is 5.28. The van der Waals surface area contributed by atoms with Crippen molar-refractivity contribution in [3.63, 3.8) is 0 Å². The first-order valence-electron chi connectivity index (χ1n) is 8.79. The molecule has 0 heterocycles. The fraction of sp³-hybridized carbons (Fsp3) is 0.0952. The first kappa shape index (κ1) is 23.8. The molecular formula is C21H12Cl3F3N2O3.